The summed E-state index contributed by atoms with van der Waals surface area (Å²) in [5.41, 5.74) is 1.36. The van der Waals surface area contributed by atoms with Gasteiger partial charge in [0, 0.05) is 25.0 Å². The molecule has 0 radical (unpaired) electrons. The Morgan fingerprint density at radius 1 is 1.33 bits per heavy atom. The molecule has 3 atom stereocenters. The number of benzene rings is 1. The van der Waals surface area contributed by atoms with Gasteiger partial charge in [0.15, 0.2) is 0 Å². The standard InChI is InChI=1S/C16H22N2O2.ClH/c19-16(10-14-11-20-7-6-17-14)18-15-9-13(15)8-12-4-2-1-3-5-12;/h1-5,13-15,17H,6-11H2,(H,18,19);1H. The molecule has 3 rings (SSSR count). The maximum Gasteiger partial charge on any atom is 0.221 e. The molecule has 2 N–H and O–H groups in total. The van der Waals surface area contributed by atoms with Gasteiger partial charge in [-0.25, -0.2) is 0 Å². The number of carbonyl (C=O) groups excluding carboxylic acids is 1. The highest BCUT2D eigenvalue weighted by Crippen LogP contribution is 2.33. The van der Waals surface area contributed by atoms with Crippen molar-refractivity contribution in [2.24, 2.45) is 5.92 Å². The molecule has 1 amide bonds. The fraction of sp³-hybridized carbons (Fsp3) is 0.562. The Labute approximate surface area is 132 Å². The molecular weight excluding hydrogens is 288 g/mol. The van der Waals surface area contributed by atoms with Crippen molar-refractivity contribution < 1.29 is 9.53 Å². The molecule has 1 saturated carbocycles. The van der Waals surface area contributed by atoms with Crippen LogP contribution in [0, 0.1) is 5.92 Å². The van der Waals surface area contributed by atoms with E-state index in [9.17, 15) is 4.79 Å². The highest BCUT2D eigenvalue weighted by molar-refractivity contribution is 5.85. The fourth-order valence-corrected chi connectivity index (χ4v) is 2.81. The molecule has 4 nitrogen and oxygen atoms in total. The molecule has 1 heterocycles. The summed E-state index contributed by atoms with van der Waals surface area (Å²) >= 11 is 0. The number of carbonyl (C=O) groups is 1. The predicted molar refractivity (Wildman–Crippen MR) is 84.7 cm³/mol. The number of morpholine rings is 1. The summed E-state index contributed by atoms with van der Waals surface area (Å²) in [4.78, 5) is 12.0. The van der Waals surface area contributed by atoms with Crippen molar-refractivity contribution >= 4 is 18.3 Å². The molecule has 1 aromatic rings. The van der Waals surface area contributed by atoms with Gasteiger partial charge in [-0.3, -0.25) is 4.79 Å². The van der Waals surface area contributed by atoms with Crippen LogP contribution in [-0.2, 0) is 16.0 Å². The number of hydrogen-bond acceptors (Lipinski definition) is 3. The summed E-state index contributed by atoms with van der Waals surface area (Å²) in [5.74, 6) is 0.755. The van der Waals surface area contributed by atoms with Crippen molar-refractivity contribution in [1.29, 1.82) is 0 Å². The van der Waals surface area contributed by atoms with Crippen LogP contribution >= 0.6 is 12.4 Å². The molecule has 5 heteroatoms. The van der Waals surface area contributed by atoms with Gasteiger partial charge in [0.1, 0.15) is 0 Å². The van der Waals surface area contributed by atoms with Crippen molar-refractivity contribution in [3.8, 4) is 0 Å². The first-order valence-corrected chi connectivity index (χ1v) is 7.45. The van der Waals surface area contributed by atoms with E-state index in [1.54, 1.807) is 0 Å². The Hall–Kier alpha value is -1.10. The average Bonchev–Trinajstić information content (AvgIpc) is 3.18. The summed E-state index contributed by atoms with van der Waals surface area (Å²) in [7, 11) is 0. The van der Waals surface area contributed by atoms with E-state index in [2.05, 4.69) is 34.9 Å². The van der Waals surface area contributed by atoms with Gasteiger partial charge in [-0.15, -0.1) is 12.4 Å². The van der Waals surface area contributed by atoms with E-state index in [0.29, 0.717) is 25.0 Å². The fourth-order valence-electron chi connectivity index (χ4n) is 2.81. The highest BCUT2D eigenvalue weighted by atomic mass is 35.5. The smallest absolute Gasteiger partial charge is 0.221 e. The second-order valence-corrected chi connectivity index (χ2v) is 5.79. The SMILES string of the molecule is Cl.O=C(CC1COCCN1)NC1CC1Cc1ccccc1. The lowest BCUT2D eigenvalue weighted by atomic mass is 10.1. The van der Waals surface area contributed by atoms with Crippen molar-refractivity contribution in [2.75, 3.05) is 19.8 Å². The Kier molecular flexibility index (Phi) is 6.03. The zero-order valence-electron chi connectivity index (χ0n) is 12.1. The molecule has 2 aliphatic rings. The van der Waals surface area contributed by atoms with Crippen LogP contribution < -0.4 is 10.6 Å². The number of rotatable bonds is 5. The molecule has 0 aromatic heterocycles. The number of halogens is 1. The highest BCUT2D eigenvalue weighted by Gasteiger charge is 2.38. The van der Waals surface area contributed by atoms with Crippen LogP contribution in [0.25, 0.3) is 0 Å². The van der Waals surface area contributed by atoms with Crippen LogP contribution in [0.4, 0.5) is 0 Å². The topological polar surface area (TPSA) is 50.4 Å². The molecule has 0 spiro atoms. The lowest BCUT2D eigenvalue weighted by Crippen LogP contribution is -2.44. The number of nitrogens with one attached hydrogen (secondary N) is 2. The Morgan fingerprint density at radius 3 is 2.86 bits per heavy atom. The molecule has 1 saturated heterocycles. The molecule has 116 valence electrons. The van der Waals surface area contributed by atoms with Crippen molar-refractivity contribution in [2.45, 2.75) is 31.3 Å². The maximum absolute atomic E-state index is 12.0. The maximum atomic E-state index is 12.0. The summed E-state index contributed by atoms with van der Waals surface area (Å²) in [6, 6.07) is 11.0. The largest absolute Gasteiger partial charge is 0.378 e. The number of amides is 1. The summed E-state index contributed by atoms with van der Waals surface area (Å²) < 4.78 is 5.36. The minimum Gasteiger partial charge on any atom is -0.378 e. The van der Waals surface area contributed by atoms with Crippen LogP contribution in [0.3, 0.4) is 0 Å². The summed E-state index contributed by atoms with van der Waals surface area (Å²) in [6.45, 7) is 2.24. The first-order valence-electron chi connectivity index (χ1n) is 7.45. The Balaban J connectivity index is 0.00000161. The molecule has 2 fully saturated rings. The zero-order chi connectivity index (χ0) is 13.8. The van der Waals surface area contributed by atoms with Crippen LogP contribution in [0.15, 0.2) is 30.3 Å². The van der Waals surface area contributed by atoms with E-state index in [1.165, 1.54) is 5.56 Å². The van der Waals surface area contributed by atoms with Gasteiger partial charge in [0.25, 0.3) is 0 Å². The van der Waals surface area contributed by atoms with Crippen LogP contribution in [-0.4, -0.2) is 37.7 Å². The lowest BCUT2D eigenvalue weighted by Gasteiger charge is -2.23. The third-order valence-electron chi connectivity index (χ3n) is 4.04. The summed E-state index contributed by atoms with van der Waals surface area (Å²) in [5, 5.41) is 6.45. The third kappa shape index (κ3) is 4.99. The van der Waals surface area contributed by atoms with E-state index >= 15 is 0 Å². The second kappa shape index (κ2) is 7.78. The minimum atomic E-state index is 0. The van der Waals surface area contributed by atoms with Gasteiger partial charge >= 0.3 is 0 Å². The van der Waals surface area contributed by atoms with E-state index in [-0.39, 0.29) is 24.4 Å². The zero-order valence-corrected chi connectivity index (χ0v) is 12.9. The quantitative estimate of drug-likeness (QED) is 0.867. The second-order valence-electron chi connectivity index (χ2n) is 5.79. The third-order valence-corrected chi connectivity index (χ3v) is 4.04. The van der Waals surface area contributed by atoms with Crippen molar-refractivity contribution in [3.05, 3.63) is 35.9 Å². The molecule has 1 aromatic carbocycles. The first kappa shape index (κ1) is 16.3. The van der Waals surface area contributed by atoms with Crippen LogP contribution in [0.5, 0.6) is 0 Å². The van der Waals surface area contributed by atoms with E-state index in [1.807, 2.05) is 6.07 Å². The van der Waals surface area contributed by atoms with Crippen molar-refractivity contribution in [1.82, 2.24) is 10.6 Å². The molecular formula is C16H23ClN2O2. The normalized spacial score (nSPS) is 27.5. The number of ether oxygens (including phenoxy) is 1. The van der Waals surface area contributed by atoms with E-state index in [4.69, 9.17) is 4.74 Å². The predicted octanol–water partition coefficient (Wildman–Crippen LogP) is 1.53. The minimum absolute atomic E-state index is 0. The first-order chi connectivity index (χ1) is 9.81. The molecule has 0 bridgehead atoms. The van der Waals surface area contributed by atoms with E-state index in [0.717, 1.165) is 26.0 Å². The Bertz CT molecular complexity index is 449. The lowest BCUT2D eigenvalue weighted by molar-refractivity contribution is -0.122. The number of hydrogen-bond donors (Lipinski definition) is 2. The Morgan fingerprint density at radius 2 is 2.14 bits per heavy atom. The van der Waals surface area contributed by atoms with Gasteiger partial charge in [-0.2, -0.15) is 0 Å². The molecule has 21 heavy (non-hydrogen) atoms. The monoisotopic (exact) mass is 310 g/mol. The van der Waals surface area contributed by atoms with Crippen LogP contribution in [0.2, 0.25) is 0 Å². The van der Waals surface area contributed by atoms with Gasteiger partial charge in [0.05, 0.1) is 13.2 Å². The van der Waals surface area contributed by atoms with Gasteiger partial charge in [0.2, 0.25) is 5.91 Å². The van der Waals surface area contributed by atoms with Crippen LogP contribution in [0.1, 0.15) is 18.4 Å². The van der Waals surface area contributed by atoms with Gasteiger partial charge < -0.3 is 15.4 Å². The summed E-state index contributed by atoms with van der Waals surface area (Å²) in [6.07, 6.45) is 2.69. The van der Waals surface area contributed by atoms with E-state index < -0.39 is 0 Å². The average molecular weight is 311 g/mol. The molecule has 3 unspecified atom stereocenters. The molecule has 1 aliphatic heterocycles. The van der Waals surface area contributed by atoms with Crippen molar-refractivity contribution in [3.63, 3.8) is 0 Å². The van der Waals surface area contributed by atoms with Gasteiger partial charge in [-0.05, 0) is 24.3 Å². The molecule has 1 aliphatic carbocycles. The van der Waals surface area contributed by atoms with Gasteiger partial charge in [-0.1, -0.05) is 30.3 Å².